The molecule has 0 bridgehead atoms. The lowest BCUT2D eigenvalue weighted by Crippen LogP contribution is -2.61. The van der Waals surface area contributed by atoms with Crippen LogP contribution in [-0.4, -0.2) is 29.1 Å². The molecule has 0 radical (unpaired) electrons. The molecule has 2 aromatic rings. The minimum atomic E-state index is -0.351. The molecular weight excluding hydrogens is 410 g/mol. The van der Waals surface area contributed by atoms with E-state index in [1.807, 2.05) is 6.07 Å². The quantitative estimate of drug-likeness (QED) is 0.478. The fourth-order valence-corrected chi connectivity index (χ4v) is 7.84. The number of aryl methyl sites for hydroxylation is 1. The largest absolute Gasteiger partial charge is 0.508 e. The molecule has 3 aliphatic rings. The lowest BCUT2D eigenvalue weighted by Gasteiger charge is -2.65. The van der Waals surface area contributed by atoms with Gasteiger partial charge in [0.2, 0.25) is 0 Å². The van der Waals surface area contributed by atoms with Gasteiger partial charge in [0.15, 0.2) is 0 Å². The fraction of sp³-hybridized carbons (Fsp3) is 0.552. The first-order valence-corrected chi connectivity index (χ1v) is 12.5. The topological polar surface area (TPSA) is 73.5 Å². The number of aliphatic hydroxyl groups excluding tert-OH is 1. The molecule has 3 N–H and O–H groups in total. The Balaban J connectivity index is 1.68. The van der Waals surface area contributed by atoms with Crippen LogP contribution in [0.5, 0.6) is 11.5 Å². The number of benzene rings is 2. The summed E-state index contributed by atoms with van der Waals surface area (Å²) in [6.45, 7) is 7.42. The number of rotatable bonds is 5. The normalized spacial score (nSPS) is 37.0. The Labute approximate surface area is 197 Å². The van der Waals surface area contributed by atoms with Gasteiger partial charge in [-0.3, -0.25) is 0 Å². The van der Waals surface area contributed by atoms with Crippen LogP contribution in [0.4, 0.5) is 0 Å². The molecule has 33 heavy (non-hydrogen) atoms. The highest BCUT2D eigenvalue weighted by Gasteiger charge is 2.70. The molecule has 6 atom stereocenters. The third kappa shape index (κ3) is 3.02. The van der Waals surface area contributed by atoms with E-state index in [0.29, 0.717) is 12.4 Å². The molecule has 4 nitrogen and oxygen atoms in total. The van der Waals surface area contributed by atoms with Gasteiger partial charge in [-0.25, -0.2) is 0 Å². The van der Waals surface area contributed by atoms with Crippen molar-refractivity contribution in [3.05, 3.63) is 59.2 Å². The molecule has 0 spiro atoms. The Bertz CT molecular complexity index is 1050. The minimum Gasteiger partial charge on any atom is -0.508 e. The summed E-state index contributed by atoms with van der Waals surface area (Å²) in [6, 6.07) is 14.3. The number of phenols is 1. The maximum atomic E-state index is 11.3. The van der Waals surface area contributed by atoms with Crippen molar-refractivity contribution in [2.24, 2.45) is 16.2 Å². The first kappa shape index (κ1) is 22.5. The van der Waals surface area contributed by atoms with Gasteiger partial charge in [-0.15, -0.1) is 0 Å². The molecule has 0 amide bonds. The summed E-state index contributed by atoms with van der Waals surface area (Å²) in [5, 5.41) is 30.2. The predicted octanol–water partition coefficient (Wildman–Crippen LogP) is 6.20. The Morgan fingerprint density at radius 1 is 1.12 bits per heavy atom. The summed E-state index contributed by atoms with van der Waals surface area (Å²) in [6.07, 6.45) is 6.74. The molecular formula is C29H37NO3. The highest BCUT2D eigenvalue weighted by atomic mass is 16.5. The lowest BCUT2D eigenvalue weighted by molar-refractivity contribution is -0.116. The summed E-state index contributed by atoms with van der Waals surface area (Å²) in [7, 11) is 0. The van der Waals surface area contributed by atoms with Crippen molar-refractivity contribution >= 4 is 6.21 Å². The van der Waals surface area contributed by atoms with Crippen molar-refractivity contribution in [2.75, 3.05) is 6.61 Å². The molecule has 0 aromatic heterocycles. The smallest absolute Gasteiger partial charge is 0.119 e. The number of ether oxygens (including phenoxy) is 1. The molecule has 4 heteroatoms. The zero-order chi connectivity index (χ0) is 23.4. The summed E-state index contributed by atoms with van der Waals surface area (Å²) in [4.78, 5) is 0. The van der Waals surface area contributed by atoms with Gasteiger partial charge < -0.3 is 20.4 Å². The van der Waals surface area contributed by atoms with Gasteiger partial charge in [0.1, 0.15) is 11.5 Å². The van der Waals surface area contributed by atoms with Crippen LogP contribution in [0.25, 0.3) is 0 Å². The fourth-order valence-electron chi connectivity index (χ4n) is 7.84. The van der Waals surface area contributed by atoms with E-state index < -0.39 is 0 Å². The number of phenolic OH excluding ortho intramolecular Hbond substituents is 1. The van der Waals surface area contributed by atoms with Crippen molar-refractivity contribution in [1.29, 1.82) is 5.41 Å². The molecule has 0 saturated heterocycles. The monoisotopic (exact) mass is 447 g/mol. The van der Waals surface area contributed by atoms with E-state index in [4.69, 9.17) is 10.1 Å². The van der Waals surface area contributed by atoms with E-state index in [2.05, 4.69) is 51.1 Å². The van der Waals surface area contributed by atoms with E-state index in [9.17, 15) is 10.2 Å². The Morgan fingerprint density at radius 3 is 2.58 bits per heavy atom. The summed E-state index contributed by atoms with van der Waals surface area (Å²) >= 11 is 0. The highest BCUT2D eigenvalue weighted by molar-refractivity contribution is 5.70. The van der Waals surface area contributed by atoms with Crippen LogP contribution >= 0.6 is 0 Å². The lowest BCUT2D eigenvalue weighted by atomic mass is 9.38. The van der Waals surface area contributed by atoms with E-state index in [1.54, 1.807) is 12.3 Å². The molecule has 0 aliphatic heterocycles. The Hall–Kier alpha value is -2.33. The molecule has 176 valence electrons. The van der Waals surface area contributed by atoms with Crippen LogP contribution in [0, 0.1) is 21.7 Å². The van der Waals surface area contributed by atoms with E-state index >= 15 is 0 Å². The molecule has 2 fully saturated rings. The Kier molecular flexibility index (Phi) is 5.36. The minimum absolute atomic E-state index is 0.144. The molecule has 3 aliphatic carbocycles. The average molecular weight is 448 g/mol. The number of hydrogen-bond acceptors (Lipinski definition) is 4. The van der Waals surface area contributed by atoms with Gasteiger partial charge in [0, 0.05) is 23.0 Å². The number of nitrogens with one attached hydrogen (secondary N) is 1. The second-order valence-electron chi connectivity index (χ2n) is 11.1. The zero-order valence-corrected chi connectivity index (χ0v) is 20.1. The van der Waals surface area contributed by atoms with Crippen LogP contribution in [0.3, 0.4) is 0 Å². The van der Waals surface area contributed by atoms with Crippen molar-refractivity contribution < 1.29 is 14.9 Å². The standard InChI is InChI=1S/C29H37NO3/c1-4-15-33-22-8-5-19(6-9-22)24-17-27(2)25(32)12-13-28(27,3)29(18-30)14-11-20-16-21(31)7-10-23(20)26(24)29/h5-10,16,18,24-26,30-32H,4,11-15,17H2,1-3H3. The van der Waals surface area contributed by atoms with Crippen molar-refractivity contribution in [1.82, 2.24) is 0 Å². The van der Waals surface area contributed by atoms with Crippen molar-refractivity contribution in [2.45, 2.75) is 77.2 Å². The van der Waals surface area contributed by atoms with E-state index in [-0.39, 0.29) is 34.2 Å². The van der Waals surface area contributed by atoms with Crippen molar-refractivity contribution in [3.8, 4) is 11.5 Å². The van der Waals surface area contributed by atoms with Crippen LogP contribution in [0.15, 0.2) is 42.5 Å². The highest BCUT2D eigenvalue weighted by Crippen LogP contribution is 2.75. The van der Waals surface area contributed by atoms with E-state index in [1.165, 1.54) is 16.7 Å². The van der Waals surface area contributed by atoms with Gasteiger partial charge in [-0.05, 0) is 90.8 Å². The molecule has 5 rings (SSSR count). The number of fused-ring (bicyclic) bond motifs is 5. The third-order valence-electron chi connectivity index (χ3n) is 9.85. The molecule has 6 unspecified atom stereocenters. The Morgan fingerprint density at radius 2 is 1.88 bits per heavy atom. The second-order valence-corrected chi connectivity index (χ2v) is 11.1. The first-order valence-electron chi connectivity index (χ1n) is 12.5. The van der Waals surface area contributed by atoms with Crippen LogP contribution < -0.4 is 4.74 Å². The number of aliphatic hydroxyl groups is 1. The maximum Gasteiger partial charge on any atom is 0.119 e. The van der Waals surface area contributed by atoms with Gasteiger partial charge in [-0.1, -0.05) is 39.0 Å². The number of hydrogen-bond donors (Lipinski definition) is 3. The molecule has 2 saturated carbocycles. The van der Waals surface area contributed by atoms with Gasteiger partial charge in [0.25, 0.3) is 0 Å². The zero-order valence-electron chi connectivity index (χ0n) is 20.1. The van der Waals surface area contributed by atoms with Gasteiger partial charge in [-0.2, -0.15) is 0 Å². The SMILES string of the molecule is CCCOc1ccc(C2CC3(C)C(O)CCC3(C)C3(C=N)CCc4cc(O)ccc4C23)cc1. The first-order chi connectivity index (χ1) is 15.8. The maximum absolute atomic E-state index is 11.3. The van der Waals surface area contributed by atoms with E-state index in [0.717, 1.165) is 44.3 Å². The van der Waals surface area contributed by atoms with Gasteiger partial charge >= 0.3 is 0 Å². The molecule has 0 heterocycles. The van der Waals surface area contributed by atoms with Crippen LogP contribution in [0.1, 0.15) is 81.4 Å². The van der Waals surface area contributed by atoms with Crippen molar-refractivity contribution in [3.63, 3.8) is 0 Å². The third-order valence-corrected chi connectivity index (χ3v) is 9.85. The average Bonchev–Trinajstić information content (AvgIpc) is 3.06. The number of aromatic hydroxyl groups is 1. The van der Waals surface area contributed by atoms with Gasteiger partial charge in [0.05, 0.1) is 12.7 Å². The second kappa shape index (κ2) is 7.87. The summed E-state index contributed by atoms with van der Waals surface area (Å²) in [5.41, 5.74) is 2.99. The molecule has 2 aromatic carbocycles. The summed E-state index contributed by atoms with van der Waals surface area (Å²) in [5.74, 6) is 1.53. The predicted molar refractivity (Wildman–Crippen MR) is 131 cm³/mol. The summed E-state index contributed by atoms with van der Waals surface area (Å²) < 4.78 is 5.83. The van der Waals surface area contributed by atoms with Crippen LogP contribution in [0.2, 0.25) is 0 Å². The van der Waals surface area contributed by atoms with Crippen LogP contribution in [-0.2, 0) is 6.42 Å².